The Bertz CT molecular complexity index is 1520. The van der Waals surface area contributed by atoms with E-state index in [0.29, 0.717) is 11.1 Å². The second-order valence-corrected chi connectivity index (χ2v) is 17.5. The Labute approximate surface area is 262 Å². The molecule has 1 aromatic carbocycles. The molecule has 0 aliphatic rings. The van der Waals surface area contributed by atoms with E-state index in [4.69, 9.17) is 14.9 Å². The number of primary amides is 1. The summed E-state index contributed by atoms with van der Waals surface area (Å²) in [5.74, 6) is -3.58. The number of benzene rings is 1. The molecule has 0 aliphatic carbocycles. The highest BCUT2D eigenvalue weighted by molar-refractivity contribution is 6.74. The van der Waals surface area contributed by atoms with Gasteiger partial charge in [-0.1, -0.05) is 65.0 Å². The van der Waals surface area contributed by atoms with Gasteiger partial charge < -0.3 is 14.9 Å². The number of amides is 2. The van der Waals surface area contributed by atoms with E-state index in [0.717, 1.165) is 4.57 Å². The number of hydrogen-bond acceptors (Lipinski definition) is 6. The van der Waals surface area contributed by atoms with Gasteiger partial charge in [0.15, 0.2) is 8.32 Å². The van der Waals surface area contributed by atoms with Crippen LogP contribution in [0.25, 0.3) is 11.3 Å². The van der Waals surface area contributed by atoms with Crippen LogP contribution < -0.4 is 16.6 Å². The lowest BCUT2D eigenvalue weighted by molar-refractivity contribution is -0.222. The molecule has 244 valence electrons. The molecule has 0 fully saturated rings. The number of hydrogen-bond donors (Lipinski definition) is 2. The largest absolute Gasteiger partial charge is 0.444 e. The van der Waals surface area contributed by atoms with Gasteiger partial charge in [-0.05, 0) is 59.4 Å². The summed E-state index contributed by atoms with van der Waals surface area (Å²) in [6.07, 6.45) is -5.26. The van der Waals surface area contributed by atoms with Crippen LogP contribution in [-0.4, -0.2) is 42.1 Å². The van der Waals surface area contributed by atoms with Crippen LogP contribution in [-0.2, 0) is 20.6 Å². The SMILES string of the molecule is CC(C)C(C(C(N)=O)n1c(-c2ccccc2)ccc(NC(=O)OCc2ccncc2)c1=O)C(O[Si](C)(C)C(C)(C)C)C(F)(F)F. The maximum absolute atomic E-state index is 15.0. The highest BCUT2D eigenvalue weighted by Gasteiger charge is 2.55. The van der Waals surface area contributed by atoms with Crippen molar-refractivity contribution in [3.63, 3.8) is 0 Å². The van der Waals surface area contributed by atoms with E-state index in [2.05, 4.69) is 10.3 Å². The van der Waals surface area contributed by atoms with Crippen LogP contribution in [0.1, 0.15) is 46.2 Å². The lowest BCUT2D eigenvalue weighted by Crippen LogP contribution is -2.55. The number of pyridine rings is 2. The van der Waals surface area contributed by atoms with Gasteiger partial charge in [0.1, 0.15) is 24.4 Å². The van der Waals surface area contributed by atoms with Gasteiger partial charge in [-0.15, -0.1) is 0 Å². The van der Waals surface area contributed by atoms with Crippen molar-refractivity contribution in [3.8, 4) is 11.3 Å². The van der Waals surface area contributed by atoms with Crippen molar-refractivity contribution in [2.75, 3.05) is 5.32 Å². The molecule has 0 radical (unpaired) electrons. The zero-order chi connectivity index (χ0) is 33.7. The highest BCUT2D eigenvalue weighted by Crippen LogP contribution is 2.45. The molecular weight excluding hydrogens is 605 g/mol. The van der Waals surface area contributed by atoms with Crippen LogP contribution in [0.3, 0.4) is 0 Å². The van der Waals surface area contributed by atoms with Crippen LogP contribution >= 0.6 is 0 Å². The van der Waals surface area contributed by atoms with E-state index in [1.807, 2.05) is 20.8 Å². The van der Waals surface area contributed by atoms with Crippen molar-refractivity contribution in [3.05, 3.63) is 82.9 Å². The first kappa shape index (κ1) is 35.5. The molecule has 3 atom stereocenters. The molecule has 3 rings (SSSR count). The topological polar surface area (TPSA) is 126 Å². The molecule has 2 heterocycles. The Kier molecular flexibility index (Phi) is 11.0. The molecular formula is C32H41F3N4O5Si. The van der Waals surface area contributed by atoms with Crippen LogP contribution in [0.5, 0.6) is 0 Å². The number of carbonyl (C=O) groups excluding carboxylic acids is 2. The van der Waals surface area contributed by atoms with Crippen molar-refractivity contribution in [2.45, 2.75) is 77.7 Å². The van der Waals surface area contributed by atoms with Gasteiger partial charge in [0, 0.05) is 18.3 Å². The van der Waals surface area contributed by atoms with Crippen LogP contribution in [0, 0.1) is 11.8 Å². The minimum Gasteiger partial charge on any atom is -0.444 e. The summed E-state index contributed by atoms with van der Waals surface area (Å²) in [6, 6.07) is 12.6. The van der Waals surface area contributed by atoms with Crippen molar-refractivity contribution in [1.82, 2.24) is 9.55 Å². The molecule has 0 bridgehead atoms. The number of ether oxygens (including phenoxy) is 1. The third-order valence-electron chi connectivity index (χ3n) is 8.15. The average Bonchev–Trinajstić information content (AvgIpc) is 2.94. The summed E-state index contributed by atoms with van der Waals surface area (Å²) < 4.78 is 57.1. The Morgan fingerprint density at radius 3 is 2.11 bits per heavy atom. The number of nitrogens with two attached hydrogens (primary N) is 1. The van der Waals surface area contributed by atoms with Crippen molar-refractivity contribution in [1.29, 1.82) is 0 Å². The van der Waals surface area contributed by atoms with Gasteiger partial charge in [0.2, 0.25) is 5.91 Å². The van der Waals surface area contributed by atoms with Gasteiger partial charge in [-0.25, -0.2) is 4.79 Å². The normalized spacial score (nSPS) is 14.5. The van der Waals surface area contributed by atoms with Crippen molar-refractivity contribution < 1.29 is 31.9 Å². The van der Waals surface area contributed by atoms with E-state index in [1.54, 1.807) is 55.6 Å². The summed E-state index contributed by atoms with van der Waals surface area (Å²) in [4.78, 5) is 44.0. The minimum absolute atomic E-state index is 0.123. The maximum atomic E-state index is 15.0. The Morgan fingerprint density at radius 2 is 1.60 bits per heavy atom. The first-order chi connectivity index (χ1) is 20.8. The number of nitrogens with one attached hydrogen (secondary N) is 1. The van der Waals surface area contributed by atoms with E-state index in [9.17, 15) is 27.6 Å². The summed E-state index contributed by atoms with van der Waals surface area (Å²) in [7, 11) is -3.07. The first-order valence-electron chi connectivity index (χ1n) is 14.5. The molecule has 0 spiro atoms. The molecule has 45 heavy (non-hydrogen) atoms. The van der Waals surface area contributed by atoms with E-state index < -0.39 is 61.1 Å². The molecule has 3 unspecified atom stereocenters. The fourth-order valence-electron chi connectivity index (χ4n) is 4.77. The van der Waals surface area contributed by atoms with Crippen LogP contribution in [0.15, 0.2) is 71.8 Å². The summed E-state index contributed by atoms with van der Waals surface area (Å²) in [5, 5.41) is 1.78. The van der Waals surface area contributed by atoms with Gasteiger partial charge in [0.25, 0.3) is 5.56 Å². The second-order valence-electron chi connectivity index (χ2n) is 12.7. The number of nitrogens with zero attached hydrogens (tertiary/aromatic N) is 2. The first-order valence-corrected chi connectivity index (χ1v) is 17.4. The predicted octanol–water partition coefficient (Wildman–Crippen LogP) is 6.91. The number of aromatic nitrogens is 2. The molecule has 3 N–H and O–H groups in total. The zero-order valence-electron chi connectivity index (χ0n) is 26.5. The molecule has 0 saturated heterocycles. The number of rotatable bonds is 11. The van der Waals surface area contributed by atoms with Crippen LogP contribution in [0.2, 0.25) is 18.1 Å². The highest BCUT2D eigenvalue weighted by atomic mass is 28.4. The third kappa shape index (κ3) is 8.60. The van der Waals surface area contributed by atoms with Gasteiger partial charge in [-0.2, -0.15) is 13.2 Å². The average molecular weight is 647 g/mol. The molecule has 2 aromatic heterocycles. The van der Waals surface area contributed by atoms with Gasteiger partial charge in [0.05, 0.1) is 5.69 Å². The lowest BCUT2D eigenvalue weighted by atomic mass is 9.82. The standard InChI is InChI=1S/C32H41F3N4O5Si/c1-20(2)25(27(32(33,34)35)44-45(6,7)31(3,4)5)26(28(36)40)39-24(22-11-9-8-10-12-22)14-13-23(29(39)41)38-30(42)43-19-21-15-17-37-18-16-21/h8-18,20,25-27H,19H2,1-7H3,(H2,36,40)(H,38,42). The maximum Gasteiger partial charge on any atom is 0.413 e. The monoisotopic (exact) mass is 646 g/mol. The molecule has 0 aliphatic heterocycles. The Hall–Kier alpha value is -3.97. The quantitative estimate of drug-likeness (QED) is 0.218. The Morgan fingerprint density at radius 1 is 1.00 bits per heavy atom. The predicted molar refractivity (Wildman–Crippen MR) is 169 cm³/mol. The van der Waals surface area contributed by atoms with Gasteiger partial charge in [-0.3, -0.25) is 24.5 Å². The summed E-state index contributed by atoms with van der Waals surface area (Å²) >= 11 is 0. The molecule has 9 nitrogen and oxygen atoms in total. The number of alkyl halides is 3. The van der Waals surface area contributed by atoms with E-state index in [1.165, 1.54) is 38.4 Å². The van der Waals surface area contributed by atoms with E-state index >= 15 is 0 Å². The van der Waals surface area contributed by atoms with Gasteiger partial charge >= 0.3 is 12.3 Å². The lowest BCUT2D eigenvalue weighted by Gasteiger charge is -2.44. The fourth-order valence-corrected chi connectivity index (χ4v) is 6.05. The third-order valence-corrected chi connectivity index (χ3v) is 12.6. The number of halogens is 3. The summed E-state index contributed by atoms with van der Waals surface area (Å²) in [6.45, 7) is 11.7. The van der Waals surface area contributed by atoms with Crippen molar-refractivity contribution in [2.24, 2.45) is 17.6 Å². The van der Waals surface area contributed by atoms with Crippen molar-refractivity contribution >= 4 is 26.0 Å². The molecule has 2 amide bonds. The fraction of sp³-hybridized carbons (Fsp3) is 0.438. The smallest absolute Gasteiger partial charge is 0.413 e. The Balaban J connectivity index is 2.20. The minimum atomic E-state index is -4.90. The molecule has 0 saturated carbocycles. The second kappa shape index (κ2) is 14.0. The summed E-state index contributed by atoms with van der Waals surface area (Å²) in [5.41, 5.74) is 5.88. The number of anilines is 1. The van der Waals surface area contributed by atoms with Crippen LogP contribution in [0.4, 0.5) is 23.7 Å². The van der Waals surface area contributed by atoms with E-state index in [-0.39, 0.29) is 18.0 Å². The zero-order valence-corrected chi connectivity index (χ0v) is 27.5. The molecule has 3 aromatic rings. The molecule has 13 heteroatoms. The number of carbonyl (C=O) groups is 2.